The summed E-state index contributed by atoms with van der Waals surface area (Å²) >= 11 is 0. The van der Waals surface area contributed by atoms with Gasteiger partial charge in [0.1, 0.15) is 6.07 Å². The van der Waals surface area contributed by atoms with E-state index in [2.05, 4.69) is 156 Å². The maximum atomic E-state index is 11.9. The van der Waals surface area contributed by atoms with E-state index in [1.54, 1.807) is 12.4 Å². The minimum Gasteiger partial charge on any atom is -0.320 e. The van der Waals surface area contributed by atoms with Gasteiger partial charge in [0.15, 0.2) is 0 Å². The highest BCUT2D eigenvalue weighted by atomic mass is 15.2. The topological polar surface area (TPSA) is 67.0 Å². The quantitative estimate of drug-likeness (QED) is 0.129. The first-order chi connectivity index (χ1) is 30.7. The number of nitriles is 1. The van der Waals surface area contributed by atoms with Gasteiger partial charge in [-0.15, -0.1) is 0 Å². The smallest absolute Gasteiger partial charge is 0.250 e. The largest absolute Gasteiger partial charge is 0.320 e. The van der Waals surface area contributed by atoms with Gasteiger partial charge >= 0.3 is 0 Å². The average Bonchev–Trinajstić information content (AvgIpc) is 3.86. The van der Waals surface area contributed by atoms with Crippen molar-refractivity contribution >= 4 is 89.5 Å². The Hall–Kier alpha value is -8.72. The highest BCUT2D eigenvalue weighted by Gasteiger charge is 2.45. The number of hydrogen-bond donors (Lipinski definition) is 0. The van der Waals surface area contributed by atoms with E-state index in [9.17, 15) is 11.8 Å². The third-order valence-electron chi connectivity index (χ3n) is 12.9. The lowest BCUT2D eigenvalue weighted by Gasteiger charge is -2.38. The molecule has 6 heterocycles. The average molecular weight is 788 g/mol. The lowest BCUT2D eigenvalue weighted by atomic mass is 9.34. The van der Waals surface area contributed by atoms with Gasteiger partial charge in [-0.05, 0) is 76.0 Å². The van der Waals surface area contributed by atoms with E-state index < -0.39 is 0 Å². The molecule has 13 rings (SSSR count). The van der Waals surface area contributed by atoms with Crippen molar-refractivity contribution in [1.29, 1.82) is 5.26 Å². The summed E-state index contributed by atoms with van der Waals surface area (Å²) < 4.78 is 4.64. The Morgan fingerprint density at radius 2 is 1.05 bits per heavy atom. The van der Waals surface area contributed by atoms with Gasteiger partial charge in [0, 0.05) is 79.9 Å². The van der Waals surface area contributed by atoms with Crippen LogP contribution < -0.4 is 21.3 Å². The van der Waals surface area contributed by atoms with Crippen molar-refractivity contribution in [2.75, 3.05) is 4.90 Å². The molecule has 7 nitrogen and oxygen atoms in total. The lowest BCUT2D eigenvalue weighted by molar-refractivity contribution is 1.13. The van der Waals surface area contributed by atoms with Crippen molar-refractivity contribution in [3.63, 3.8) is 0 Å². The number of fused-ring (bicyclic) bond motifs is 10. The highest BCUT2D eigenvalue weighted by Crippen LogP contribution is 2.51. The Balaban J connectivity index is 1.25. The number of anilines is 3. The molecular formula is C54H30BN7. The van der Waals surface area contributed by atoms with E-state index in [1.165, 1.54) is 0 Å². The van der Waals surface area contributed by atoms with Crippen LogP contribution in [0.3, 0.4) is 0 Å². The van der Waals surface area contributed by atoms with Crippen LogP contribution in [-0.4, -0.2) is 25.8 Å². The van der Waals surface area contributed by atoms with Crippen molar-refractivity contribution in [2.45, 2.75) is 0 Å². The van der Waals surface area contributed by atoms with Crippen LogP contribution in [0.25, 0.3) is 82.1 Å². The molecule has 284 valence electrons. The number of nitrogens with zero attached hydrogens (tertiary/aromatic N) is 7. The third-order valence-corrected chi connectivity index (χ3v) is 12.9. The normalized spacial score (nSPS) is 12.1. The molecule has 0 bridgehead atoms. The fourth-order valence-electron chi connectivity index (χ4n) is 10.5. The van der Waals surface area contributed by atoms with Crippen molar-refractivity contribution in [3.8, 4) is 39.7 Å². The van der Waals surface area contributed by atoms with Gasteiger partial charge in [-0.1, -0.05) is 109 Å². The van der Waals surface area contributed by atoms with Gasteiger partial charge in [0.25, 0.3) is 6.71 Å². The standard InChI is InChI=1S/C54H30BN7/c1-57-49-53(60(37-16-6-12-33(28-37)35-14-10-26-58-31-35)38-17-7-13-34(29-38)36-15-11-27-59-32-36)43(30-56)52-48-54(49)62-47-25-5-3-19-40(47)42-21-9-23-45(51(42)62)55(48)44-22-8-20-41-39-18-2-4-24-46(39)61(52)50(41)44/h2-29,31-32H. The molecule has 2 aliphatic heterocycles. The fraction of sp³-hybridized carbons (Fsp3) is 0. The molecule has 2 aliphatic rings. The van der Waals surface area contributed by atoms with E-state index in [4.69, 9.17) is 0 Å². The molecular weight excluding hydrogens is 757 g/mol. The minimum atomic E-state index is -0.237. The van der Waals surface area contributed by atoms with Crippen LogP contribution in [0.1, 0.15) is 5.56 Å². The van der Waals surface area contributed by atoms with Crippen LogP contribution in [0, 0.1) is 17.9 Å². The molecule has 0 saturated heterocycles. The lowest BCUT2D eigenvalue weighted by Crippen LogP contribution is -2.59. The molecule has 0 unspecified atom stereocenters. The fourth-order valence-corrected chi connectivity index (χ4v) is 10.5. The molecule has 0 aliphatic carbocycles. The first kappa shape index (κ1) is 34.2. The Morgan fingerprint density at radius 1 is 0.548 bits per heavy atom. The number of para-hydroxylation sites is 4. The van der Waals surface area contributed by atoms with Gasteiger partial charge in [-0.2, -0.15) is 5.26 Å². The van der Waals surface area contributed by atoms with E-state index in [0.29, 0.717) is 16.9 Å². The summed E-state index contributed by atoms with van der Waals surface area (Å²) in [6.45, 7) is 9.09. The Kier molecular flexibility index (Phi) is 7.11. The molecule has 0 saturated carbocycles. The first-order valence-electron chi connectivity index (χ1n) is 20.6. The van der Waals surface area contributed by atoms with Crippen molar-refractivity contribution in [3.05, 3.63) is 199 Å². The van der Waals surface area contributed by atoms with Gasteiger partial charge in [0.2, 0.25) is 5.69 Å². The molecule has 62 heavy (non-hydrogen) atoms. The number of pyridine rings is 2. The molecule has 0 radical (unpaired) electrons. The van der Waals surface area contributed by atoms with Gasteiger partial charge in [-0.25, -0.2) is 4.85 Å². The van der Waals surface area contributed by atoms with Crippen LogP contribution in [0.4, 0.5) is 22.7 Å². The molecule has 11 aromatic rings. The number of benzene rings is 7. The maximum Gasteiger partial charge on any atom is 0.250 e. The predicted molar refractivity (Wildman–Crippen MR) is 252 cm³/mol. The summed E-state index contributed by atoms with van der Waals surface area (Å²) in [6.07, 6.45) is 7.27. The monoisotopic (exact) mass is 787 g/mol. The second-order valence-corrected chi connectivity index (χ2v) is 16.0. The van der Waals surface area contributed by atoms with Crippen LogP contribution in [0.2, 0.25) is 0 Å². The van der Waals surface area contributed by atoms with Crippen molar-refractivity contribution in [1.82, 2.24) is 19.1 Å². The zero-order chi connectivity index (χ0) is 41.1. The SMILES string of the molecule is [C-]#[N+]c1c(N(c2cccc(-c3cccnc3)c2)c2cccc(-c3cccnc3)c2)c(C#N)c2c3c1-n1c4ccccc4c4cccc(c41)B3c1cccc3c4ccccc4n-2c13. The molecule has 0 atom stereocenters. The van der Waals surface area contributed by atoms with E-state index in [0.717, 1.165) is 105 Å². The number of aromatic nitrogens is 4. The third kappa shape index (κ3) is 4.53. The molecule has 0 fully saturated rings. The van der Waals surface area contributed by atoms with Crippen molar-refractivity contribution < 1.29 is 0 Å². The predicted octanol–water partition coefficient (Wildman–Crippen LogP) is 11.0. The maximum absolute atomic E-state index is 11.9. The molecule has 0 amide bonds. The Labute approximate surface area is 356 Å². The summed E-state index contributed by atoms with van der Waals surface area (Å²) in [5.74, 6) is 0. The second kappa shape index (κ2) is 12.9. The highest BCUT2D eigenvalue weighted by molar-refractivity contribution is 7.00. The molecule has 0 spiro atoms. The van der Waals surface area contributed by atoms with E-state index in [-0.39, 0.29) is 6.71 Å². The molecule has 8 heteroatoms. The summed E-state index contributed by atoms with van der Waals surface area (Å²) in [4.78, 5) is 15.6. The van der Waals surface area contributed by atoms with Crippen molar-refractivity contribution in [2.24, 2.45) is 0 Å². The van der Waals surface area contributed by atoms with E-state index >= 15 is 0 Å². The second-order valence-electron chi connectivity index (χ2n) is 16.0. The van der Waals surface area contributed by atoms with Gasteiger partial charge in [0.05, 0.1) is 40.2 Å². The van der Waals surface area contributed by atoms with Gasteiger partial charge in [-0.3, -0.25) is 9.97 Å². The summed E-state index contributed by atoms with van der Waals surface area (Å²) in [6, 6.07) is 57.6. The molecule has 0 N–H and O–H groups in total. The van der Waals surface area contributed by atoms with E-state index in [1.807, 2.05) is 48.8 Å². The number of rotatable bonds is 5. The summed E-state index contributed by atoms with van der Waals surface area (Å²) in [5, 5.41) is 16.4. The Morgan fingerprint density at radius 3 is 1.56 bits per heavy atom. The van der Waals surface area contributed by atoms with Gasteiger partial charge < -0.3 is 14.0 Å². The van der Waals surface area contributed by atoms with Crippen LogP contribution in [-0.2, 0) is 0 Å². The first-order valence-corrected chi connectivity index (χ1v) is 20.6. The minimum absolute atomic E-state index is 0.237. The summed E-state index contributed by atoms with van der Waals surface area (Å²) in [7, 11) is 0. The molecule has 7 aromatic carbocycles. The summed E-state index contributed by atoms with van der Waals surface area (Å²) in [5.41, 5.74) is 15.9. The zero-order valence-electron chi connectivity index (χ0n) is 33.0. The Bertz CT molecular complexity index is 3550. The van der Waals surface area contributed by atoms with Crippen LogP contribution in [0.5, 0.6) is 0 Å². The number of hydrogen-bond acceptors (Lipinski definition) is 4. The van der Waals surface area contributed by atoms with Crippen LogP contribution in [0.15, 0.2) is 183 Å². The van der Waals surface area contributed by atoms with Crippen LogP contribution >= 0.6 is 0 Å². The zero-order valence-corrected chi connectivity index (χ0v) is 33.0. The molecule has 4 aromatic heterocycles.